The van der Waals surface area contributed by atoms with Gasteiger partial charge in [0.05, 0.1) is 4.90 Å². The third kappa shape index (κ3) is 3.74. The van der Waals surface area contributed by atoms with Crippen LogP contribution < -0.4 is 0 Å². The number of aryl methyl sites for hydroxylation is 1. The van der Waals surface area contributed by atoms with E-state index in [2.05, 4.69) is 0 Å². The molecule has 3 aliphatic rings. The first-order valence-electron chi connectivity index (χ1n) is 8.49. The molecule has 0 aromatic heterocycles. The van der Waals surface area contributed by atoms with E-state index >= 15 is 0 Å². The Morgan fingerprint density at radius 3 is 2.48 bits per heavy atom. The van der Waals surface area contributed by atoms with Crippen LogP contribution in [0.25, 0.3) is 0 Å². The van der Waals surface area contributed by atoms with E-state index in [1.165, 1.54) is 12.1 Å². The SMILES string of the molecule is Cc1ccc(S(=O)(=O)OC2C(C3CSC(=O)O3)OC3OC(C)(C)OC32)cc1. The maximum Gasteiger partial charge on any atom is 0.367 e. The molecule has 3 fully saturated rings. The van der Waals surface area contributed by atoms with E-state index in [0.717, 1.165) is 17.3 Å². The predicted octanol–water partition coefficient (Wildman–Crippen LogP) is 2.20. The van der Waals surface area contributed by atoms with Crippen LogP contribution in [-0.2, 0) is 33.2 Å². The van der Waals surface area contributed by atoms with Crippen LogP contribution in [0.5, 0.6) is 0 Å². The van der Waals surface area contributed by atoms with Gasteiger partial charge in [-0.3, -0.25) is 4.18 Å². The number of rotatable bonds is 4. The molecule has 3 aliphatic heterocycles. The second kappa shape index (κ2) is 6.71. The summed E-state index contributed by atoms with van der Waals surface area (Å²) in [5, 5.41) is -0.428. The Morgan fingerprint density at radius 2 is 1.85 bits per heavy atom. The molecule has 4 rings (SSSR count). The van der Waals surface area contributed by atoms with Gasteiger partial charge in [0, 0.05) is 5.75 Å². The fraction of sp³-hybridized carbons (Fsp3) is 0.588. The third-order valence-electron chi connectivity index (χ3n) is 4.55. The number of carbonyl (C=O) groups is 1. The summed E-state index contributed by atoms with van der Waals surface area (Å²) in [7, 11) is -4.08. The molecule has 0 amide bonds. The summed E-state index contributed by atoms with van der Waals surface area (Å²) in [5.41, 5.74) is 0.931. The fourth-order valence-electron chi connectivity index (χ4n) is 3.32. The van der Waals surface area contributed by atoms with E-state index in [9.17, 15) is 13.2 Å². The smallest absolute Gasteiger partial charge is 0.367 e. The molecule has 27 heavy (non-hydrogen) atoms. The van der Waals surface area contributed by atoms with Crippen molar-refractivity contribution in [3.63, 3.8) is 0 Å². The quantitative estimate of drug-likeness (QED) is 0.540. The van der Waals surface area contributed by atoms with Crippen molar-refractivity contribution in [1.82, 2.24) is 0 Å². The van der Waals surface area contributed by atoms with Gasteiger partial charge in [-0.2, -0.15) is 8.42 Å². The first-order valence-corrected chi connectivity index (χ1v) is 10.9. The Balaban J connectivity index is 1.61. The molecule has 0 N–H and O–H groups in total. The molecule has 5 atom stereocenters. The number of hydrogen-bond donors (Lipinski definition) is 0. The predicted molar refractivity (Wildman–Crippen MR) is 94.7 cm³/mol. The van der Waals surface area contributed by atoms with Crippen molar-refractivity contribution in [2.24, 2.45) is 0 Å². The standard InChI is InChI=1S/C17H20O8S2/c1-9-4-6-10(7-5-9)27(19,20)25-13-12(11-8-26-16(18)21-11)22-15-14(13)23-17(2,3)24-15/h4-7,11-15H,8H2,1-3H3. The molecule has 0 radical (unpaired) electrons. The molecule has 5 unspecified atom stereocenters. The van der Waals surface area contributed by atoms with Crippen LogP contribution in [-0.4, -0.2) is 56.0 Å². The van der Waals surface area contributed by atoms with E-state index in [-0.39, 0.29) is 4.90 Å². The number of fused-ring (bicyclic) bond motifs is 1. The van der Waals surface area contributed by atoms with Gasteiger partial charge in [-0.1, -0.05) is 17.7 Å². The average Bonchev–Trinajstić information content (AvgIpc) is 3.21. The van der Waals surface area contributed by atoms with Crippen molar-refractivity contribution < 1.29 is 36.3 Å². The largest absolute Gasteiger partial charge is 0.450 e. The summed E-state index contributed by atoms with van der Waals surface area (Å²) in [6.07, 6.45) is -4.00. The zero-order valence-electron chi connectivity index (χ0n) is 15.0. The van der Waals surface area contributed by atoms with Crippen molar-refractivity contribution in [2.75, 3.05) is 5.75 Å². The number of thioether (sulfide) groups is 1. The monoisotopic (exact) mass is 416 g/mol. The highest BCUT2D eigenvalue weighted by Gasteiger charge is 2.59. The Kier molecular flexibility index (Phi) is 4.76. The highest BCUT2D eigenvalue weighted by Crippen LogP contribution is 2.42. The maximum absolute atomic E-state index is 12.8. The van der Waals surface area contributed by atoms with Crippen LogP contribution in [0.3, 0.4) is 0 Å². The number of carbonyl (C=O) groups excluding carboxylic acids is 1. The molecule has 0 bridgehead atoms. The van der Waals surface area contributed by atoms with Gasteiger partial charge in [-0.15, -0.1) is 0 Å². The van der Waals surface area contributed by atoms with Crippen LogP contribution in [0.1, 0.15) is 19.4 Å². The number of hydrogen-bond acceptors (Lipinski definition) is 9. The van der Waals surface area contributed by atoms with Crippen LogP contribution >= 0.6 is 11.8 Å². The Hall–Kier alpha value is -1.17. The minimum atomic E-state index is -4.08. The van der Waals surface area contributed by atoms with Gasteiger partial charge in [-0.25, -0.2) is 4.79 Å². The van der Waals surface area contributed by atoms with Crippen LogP contribution in [0.2, 0.25) is 0 Å². The summed E-state index contributed by atoms with van der Waals surface area (Å²) >= 11 is 1.01. The lowest BCUT2D eigenvalue weighted by Gasteiger charge is -2.27. The highest BCUT2D eigenvalue weighted by molar-refractivity contribution is 8.13. The molecule has 1 aromatic carbocycles. The van der Waals surface area contributed by atoms with Crippen LogP contribution in [0.15, 0.2) is 29.2 Å². The van der Waals surface area contributed by atoms with Gasteiger partial charge in [0.15, 0.2) is 12.1 Å². The Labute approximate surface area is 161 Å². The van der Waals surface area contributed by atoms with E-state index in [0.29, 0.717) is 5.75 Å². The lowest BCUT2D eigenvalue weighted by Crippen LogP contribution is -2.44. The molecule has 3 heterocycles. The van der Waals surface area contributed by atoms with Gasteiger partial charge in [0.1, 0.15) is 24.4 Å². The molecular formula is C17H20O8S2. The minimum absolute atomic E-state index is 0.0336. The van der Waals surface area contributed by atoms with Gasteiger partial charge >= 0.3 is 5.30 Å². The number of cyclic esters (lactones) is 1. The lowest BCUT2D eigenvalue weighted by molar-refractivity contribution is -0.221. The van der Waals surface area contributed by atoms with E-state index in [1.807, 2.05) is 6.92 Å². The molecule has 10 heteroatoms. The maximum atomic E-state index is 12.8. The zero-order valence-corrected chi connectivity index (χ0v) is 16.6. The number of ether oxygens (including phenoxy) is 4. The first kappa shape index (κ1) is 19.2. The summed E-state index contributed by atoms with van der Waals surface area (Å²) in [5.74, 6) is -0.590. The summed E-state index contributed by atoms with van der Waals surface area (Å²) in [4.78, 5) is 11.5. The zero-order chi connectivity index (χ0) is 19.4. The highest BCUT2D eigenvalue weighted by atomic mass is 32.2. The first-order chi connectivity index (χ1) is 12.6. The topological polar surface area (TPSA) is 97.4 Å². The number of benzene rings is 1. The molecule has 0 saturated carbocycles. The second-order valence-corrected chi connectivity index (χ2v) is 9.64. The van der Waals surface area contributed by atoms with Crippen molar-refractivity contribution in [3.8, 4) is 0 Å². The summed E-state index contributed by atoms with van der Waals surface area (Å²) < 4.78 is 53.7. The molecular weight excluding hydrogens is 396 g/mol. The van der Waals surface area contributed by atoms with Gasteiger partial charge in [0.2, 0.25) is 0 Å². The average molecular weight is 416 g/mol. The van der Waals surface area contributed by atoms with E-state index in [1.54, 1.807) is 26.0 Å². The van der Waals surface area contributed by atoms with Crippen molar-refractivity contribution in [3.05, 3.63) is 29.8 Å². The van der Waals surface area contributed by atoms with Crippen LogP contribution in [0.4, 0.5) is 4.79 Å². The summed E-state index contributed by atoms with van der Waals surface area (Å²) in [6.45, 7) is 5.28. The van der Waals surface area contributed by atoms with E-state index in [4.69, 9.17) is 23.1 Å². The molecule has 1 aromatic rings. The van der Waals surface area contributed by atoms with Crippen molar-refractivity contribution >= 4 is 27.2 Å². The lowest BCUT2D eigenvalue weighted by atomic mass is 10.1. The molecule has 3 saturated heterocycles. The summed E-state index contributed by atoms with van der Waals surface area (Å²) in [6, 6.07) is 6.34. The molecule has 0 spiro atoms. The van der Waals surface area contributed by atoms with Gasteiger partial charge < -0.3 is 18.9 Å². The second-order valence-electron chi connectivity index (χ2n) is 7.11. The Bertz CT molecular complexity index is 835. The van der Waals surface area contributed by atoms with E-state index < -0.39 is 51.9 Å². The van der Waals surface area contributed by atoms with Crippen molar-refractivity contribution in [1.29, 1.82) is 0 Å². The molecule has 8 nitrogen and oxygen atoms in total. The molecule has 148 valence electrons. The van der Waals surface area contributed by atoms with Gasteiger partial charge in [0.25, 0.3) is 10.1 Å². The third-order valence-corrected chi connectivity index (χ3v) is 6.71. The fourth-order valence-corrected chi connectivity index (χ4v) is 5.17. The minimum Gasteiger partial charge on any atom is -0.450 e. The van der Waals surface area contributed by atoms with Crippen LogP contribution in [0, 0.1) is 6.92 Å². The molecule has 0 aliphatic carbocycles. The van der Waals surface area contributed by atoms with Crippen molar-refractivity contribution in [2.45, 2.75) is 62.2 Å². The van der Waals surface area contributed by atoms with Gasteiger partial charge in [-0.05, 0) is 44.7 Å². The normalized spacial score (nSPS) is 35.2. The Morgan fingerprint density at radius 1 is 1.15 bits per heavy atom.